The van der Waals surface area contributed by atoms with Crippen LogP contribution in [0.5, 0.6) is 0 Å². The first-order valence-electron chi connectivity index (χ1n) is 6.80. The van der Waals surface area contributed by atoms with Crippen molar-refractivity contribution in [2.75, 3.05) is 25.5 Å². The molecule has 19 heavy (non-hydrogen) atoms. The van der Waals surface area contributed by atoms with Crippen molar-refractivity contribution in [1.82, 2.24) is 4.90 Å². The lowest BCUT2D eigenvalue weighted by atomic mass is 9.94. The first kappa shape index (κ1) is 12.2. The molecule has 0 unspecified atom stereocenters. The van der Waals surface area contributed by atoms with Crippen LogP contribution in [-0.4, -0.2) is 25.5 Å². The molecule has 0 spiro atoms. The molecular formula is C17H20N2. The Labute approximate surface area is 115 Å². The SMILES string of the molecule is CN(C)[C@H]1CN(c2ccccc2)Cc2ccccc21. The summed E-state index contributed by atoms with van der Waals surface area (Å²) in [5.41, 5.74) is 4.22. The summed E-state index contributed by atoms with van der Waals surface area (Å²) in [7, 11) is 4.33. The summed E-state index contributed by atoms with van der Waals surface area (Å²) in [6, 6.07) is 20.0. The fourth-order valence-corrected chi connectivity index (χ4v) is 2.86. The number of hydrogen-bond acceptors (Lipinski definition) is 2. The van der Waals surface area contributed by atoms with E-state index in [4.69, 9.17) is 0 Å². The molecule has 0 bridgehead atoms. The zero-order valence-electron chi connectivity index (χ0n) is 11.6. The molecule has 1 aliphatic heterocycles. The van der Waals surface area contributed by atoms with Crippen molar-refractivity contribution < 1.29 is 0 Å². The number of hydrogen-bond donors (Lipinski definition) is 0. The van der Waals surface area contributed by atoms with Crippen molar-refractivity contribution in [2.24, 2.45) is 0 Å². The van der Waals surface area contributed by atoms with Crippen molar-refractivity contribution in [1.29, 1.82) is 0 Å². The minimum absolute atomic E-state index is 0.463. The maximum atomic E-state index is 2.47. The lowest BCUT2D eigenvalue weighted by molar-refractivity contribution is 0.290. The van der Waals surface area contributed by atoms with Crippen molar-refractivity contribution in [3.05, 3.63) is 65.7 Å². The molecule has 0 amide bonds. The van der Waals surface area contributed by atoms with Crippen LogP contribution in [0.4, 0.5) is 5.69 Å². The van der Waals surface area contributed by atoms with E-state index in [0.29, 0.717) is 6.04 Å². The van der Waals surface area contributed by atoms with E-state index in [0.717, 1.165) is 13.1 Å². The summed E-state index contributed by atoms with van der Waals surface area (Å²) in [6.07, 6.45) is 0. The van der Waals surface area contributed by atoms with Crippen molar-refractivity contribution in [3.63, 3.8) is 0 Å². The summed E-state index contributed by atoms with van der Waals surface area (Å²) in [5, 5.41) is 0. The van der Waals surface area contributed by atoms with Gasteiger partial charge in [-0.1, -0.05) is 42.5 Å². The van der Waals surface area contributed by atoms with Gasteiger partial charge < -0.3 is 9.80 Å². The highest BCUT2D eigenvalue weighted by atomic mass is 15.2. The predicted molar refractivity (Wildman–Crippen MR) is 80.4 cm³/mol. The van der Waals surface area contributed by atoms with Crippen molar-refractivity contribution in [2.45, 2.75) is 12.6 Å². The van der Waals surface area contributed by atoms with E-state index in [1.165, 1.54) is 16.8 Å². The van der Waals surface area contributed by atoms with Crippen LogP contribution < -0.4 is 4.90 Å². The molecule has 1 heterocycles. The molecule has 0 saturated carbocycles. The molecule has 2 heteroatoms. The third-order valence-corrected chi connectivity index (χ3v) is 3.91. The highest BCUT2D eigenvalue weighted by molar-refractivity contribution is 5.50. The Kier molecular flexibility index (Phi) is 3.26. The van der Waals surface area contributed by atoms with Crippen LogP contribution in [-0.2, 0) is 6.54 Å². The van der Waals surface area contributed by atoms with Gasteiger partial charge in [0.15, 0.2) is 0 Å². The largest absolute Gasteiger partial charge is 0.365 e. The van der Waals surface area contributed by atoms with Gasteiger partial charge in [0.25, 0.3) is 0 Å². The molecular weight excluding hydrogens is 232 g/mol. The molecule has 0 fully saturated rings. The Hall–Kier alpha value is -1.80. The van der Waals surface area contributed by atoms with Crippen LogP contribution >= 0.6 is 0 Å². The Bertz CT molecular complexity index is 548. The Morgan fingerprint density at radius 1 is 0.947 bits per heavy atom. The summed E-state index contributed by atoms with van der Waals surface area (Å²) in [6.45, 7) is 2.05. The van der Waals surface area contributed by atoms with E-state index >= 15 is 0 Å². The summed E-state index contributed by atoms with van der Waals surface area (Å²) < 4.78 is 0. The average Bonchev–Trinajstić information content (AvgIpc) is 2.47. The van der Waals surface area contributed by atoms with Crippen LogP contribution in [0.3, 0.4) is 0 Å². The molecule has 2 aromatic carbocycles. The second-order valence-corrected chi connectivity index (χ2v) is 5.39. The normalized spacial score (nSPS) is 18.5. The van der Waals surface area contributed by atoms with Crippen LogP contribution in [0, 0.1) is 0 Å². The second-order valence-electron chi connectivity index (χ2n) is 5.39. The first-order valence-corrected chi connectivity index (χ1v) is 6.80. The van der Waals surface area contributed by atoms with E-state index in [1.54, 1.807) is 0 Å². The maximum Gasteiger partial charge on any atom is 0.0521 e. The predicted octanol–water partition coefficient (Wildman–Crippen LogP) is 3.31. The summed E-state index contributed by atoms with van der Waals surface area (Å²) in [5.74, 6) is 0. The molecule has 1 aliphatic rings. The first-order chi connectivity index (χ1) is 9.25. The van der Waals surface area contributed by atoms with Gasteiger partial charge >= 0.3 is 0 Å². The minimum atomic E-state index is 0.463. The van der Waals surface area contributed by atoms with Gasteiger partial charge in [-0.3, -0.25) is 0 Å². The van der Waals surface area contributed by atoms with E-state index in [-0.39, 0.29) is 0 Å². The van der Waals surface area contributed by atoms with Gasteiger partial charge in [-0.2, -0.15) is 0 Å². The maximum absolute atomic E-state index is 2.47. The van der Waals surface area contributed by atoms with Gasteiger partial charge in [-0.05, 0) is 37.4 Å². The standard InChI is InChI=1S/C17H20N2/c1-18(2)17-13-19(15-9-4-3-5-10-15)12-14-8-6-7-11-16(14)17/h3-11,17H,12-13H2,1-2H3/t17-/m0/s1. The highest BCUT2D eigenvalue weighted by Gasteiger charge is 2.26. The summed E-state index contributed by atoms with van der Waals surface area (Å²) in [4.78, 5) is 4.78. The zero-order valence-corrected chi connectivity index (χ0v) is 11.6. The number of nitrogens with zero attached hydrogens (tertiary/aromatic N) is 2. The topological polar surface area (TPSA) is 6.48 Å². The number of fused-ring (bicyclic) bond motifs is 1. The molecule has 2 nitrogen and oxygen atoms in total. The van der Waals surface area contributed by atoms with Crippen molar-refractivity contribution >= 4 is 5.69 Å². The van der Waals surface area contributed by atoms with E-state index in [2.05, 4.69) is 78.5 Å². The third kappa shape index (κ3) is 2.36. The third-order valence-electron chi connectivity index (χ3n) is 3.91. The second kappa shape index (κ2) is 5.06. The van der Waals surface area contributed by atoms with Gasteiger partial charge in [0, 0.05) is 18.8 Å². The Balaban J connectivity index is 1.97. The molecule has 2 aromatic rings. The number of para-hydroxylation sites is 1. The lowest BCUT2D eigenvalue weighted by Crippen LogP contribution is -2.39. The van der Waals surface area contributed by atoms with Crippen LogP contribution in [0.15, 0.2) is 54.6 Å². The van der Waals surface area contributed by atoms with Gasteiger partial charge in [0.1, 0.15) is 0 Å². The van der Waals surface area contributed by atoms with Crippen LogP contribution in [0.25, 0.3) is 0 Å². The number of benzene rings is 2. The number of rotatable bonds is 2. The van der Waals surface area contributed by atoms with E-state index < -0.39 is 0 Å². The van der Waals surface area contributed by atoms with E-state index in [9.17, 15) is 0 Å². The molecule has 0 radical (unpaired) electrons. The van der Waals surface area contributed by atoms with Gasteiger partial charge in [0.05, 0.1) is 6.04 Å². The smallest absolute Gasteiger partial charge is 0.0521 e. The quantitative estimate of drug-likeness (QED) is 0.809. The highest BCUT2D eigenvalue weighted by Crippen LogP contribution is 2.32. The Morgan fingerprint density at radius 3 is 2.37 bits per heavy atom. The molecule has 98 valence electrons. The summed E-state index contributed by atoms with van der Waals surface area (Å²) >= 11 is 0. The molecule has 0 aliphatic carbocycles. The lowest BCUT2D eigenvalue weighted by Gasteiger charge is -2.39. The van der Waals surface area contributed by atoms with Gasteiger partial charge in [-0.25, -0.2) is 0 Å². The van der Waals surface area contributed by atoms with Crippen LogP contribution in [0.1, 0.15) is 17.2 Å². The molecule has 1 atom stereocenters. The average molecular weight is 252 g/mol. The van der Waals surface area contributed by atoms with E-state index in [1.807, 2.05) is 0 Å². The Morgan fingerprint density at radius 2 is 1.63 bits per heavy atom. The fraction of sp³-hybridized carbons (Fsp3) is 0.294. The number of likely N-dealkylation sites (N-methyl/N-ethyl adjacent to an activating group) is 1. The monoisotopic (exact) mass is 252 g/mol. The molecule has 0 aromatic heterocycles. The fourth-order valence-electron chi connectivity index (χ4n) is 2.86. The van der Waals surface area contributed by atoms with Crippen LogP contribution in [0.2, 0.25) is 0 Å². The van der Waals surface area contributed by atoms with Gasteiger partial charge in [0.2, 0.25) is 0 Å². The zero-order chi connectivity index (χ0) is 13.2. The number of anilines is 1. The van der Waals surface area contributed by atoms with Gasteiger partial charge in [-0.15, -0.1) is 0 Å². The minimum Gasteiger partial charge on any atom is -0.365 e. The molecule has 3 rings (SSSR count). The van der Waals surface area contributed by atoms with Crippen molar-refractivity contribution in [3.8, 4) is 0 Å². The molecule has 0 saturated heterocycles. The molecule has 0 N–H and O–H groups in total.